The van der Waals surface area contributed by atoms with Gasteiger partial charge in [0.25, 0.3) is 0 Å². The van der Waals surface area contributed by atoms with E-state index in [1.807, 2.05) is 0 Å². The molecule has 1 saturated heterocycles. The van der Waals surface area contributed by atoms with Crippen LogP contribution in [0.25, 0.3) is 11.3 Å². The first kappa shape index (κ1) is 24.4. The van der Waals surface area contributed by atoms with Crippen molar-refractivity contribution in [2.45, 2.75) is 57.7 Å². The molecule has 2 aromatic heterocycles. The van der Waals surface area contributed by atoms with E-state index >= 15 is 0 Å². The largest absolute Gasteiger partial charge is 0.444 e. The third kappa shape index (κ3) is 6.15. The number of pyridine rings is 1. The van der Waals surface area contributed by atoms with Crippen molar-refractivity contribution in [3.8, 4) is 11.3 Å². The van der Waals surface area contributed by atoms with E-state index in [0.717, 1.165) is 12.3 Å². The second-order valence-electron chi connectivity index (χ2n) is 8.52. The van der Waals surface area contributed by atoms with E-state index in [1.165, 1.54) is 23.4 Å². The van der Waals surface area contributed by atoms with Gasteiger partial charge >= 0.3 is 12.3 Å². The Morgan fingerprint density at radius 3 is 2.55 bits per heavy atom. The van der Waals surface area contributed by atoms with Gasteiger partial charge < -0.3 is 15.2 Å². The molecule has 9 nitrogen and oxygen atoms in total. The summed E-state index contributed by atoms with van der Waals surface area (Å²) in [6.45, 7) is 5.22. The number of nitrogens with one attached hydrogen (secondary N) is 1. The molecule has 0 saturated carbocycles. The first-order valence-corrected chi connectivity index (χ1v) is 10.1. The van der Waals surface area contributed by atoms with Crippen LogP contribution in [0.3, 0.4) is 0 Å². The van der Waals surface area contributed by atoms with Crippen LogP contribution in [0.5, 0.6) is 0 Å². The molecule has 2 N–H and O–H groups in total. The summed E-state index contributed by atoms with van der Waals surface area (Å²) in [5.41, 5.74) is -0.718. The lowest BCUT2D eigenvalue weighted by Gasteiger charge is -2.28. The number of halogens is 3. The number of aromatic nitrogens is 3. The molecule has 3 rings (SSSR count). The summed E-state index contributed by atoms with van der Waals surface area (Å²) in [5, 5.41) is 12.8. The summed E-state index contributed by atoms with van der Waals surface area (Å²) in [5.74, 6) is -0.581. The standard InChI is InChI=1S/C21H24F3N5O4/c1-20(2,3)33-19(32)29-7-6-15(30)17(29)18(31)26-10-13-8-14(28-11-27-13)12-4-5-16(25-9-12)21(22,23)24/h4-5,8-9,11,15,17,30H,6-7,10H2,1-3H3,(H,26,31). The van der Waals surface area contributed by atoms with E-state index < -0.39 is 41.6 Å². The number of carbonyl (C=O) groups excluding carboxylic acids is 2. The van der Waals surface area contributed by atoms with Gasteiger partial charge in [0.2, 0.25) is 5.91 Å². The molecule has 0 radical (unpaired) electrons. The van der Waals surface area contributed by atoms with Crippen LogP contribution >= 0.6 is 0 Å². The molecular weight excluding hydrogens is 443 g/mol. The molecule has 2 unspecified atom stereocenters. The quantitative estimate of drug-likeness (QED) is 0.710. The number of aliphatic hydroxyl groups is 1. The summed E-state index contributed by atoms with van der Waals surface area (Å²) in [6.07, 6.45) is -3.78. The molecule has 12 heteroatoms. The number of amides is 2. The van der Waals surface area contributed by atoms with Crippen LogP contribution in [0.1, 0.15) is 38.6 Å². The number of nitrogens with zero attached hydrogens (tertiary/aromatic N) is 4. The maximum absolute atomic E-state index is 12.7. The Kier molecular flexibility index (Phi) is 6.86. The van der Waals surface area contributed by atoms with Crippen molar-refractivity contribution < 1.29 is 32.6 Å². The Balaban J connectivity index is 1.67. The molecule has 178 valence electrons. The highest BCUT2D eigenvalue weighted by atomic mass is 19.4. The predicted octanol–water partition coefficient (Wildman–Crippen LogP) is 2.54. The minimum atomic E-state index is -4.54. The van der Waals surface area contributed by atoms with Gasteiger partial charge in [0.1, 0.15) is 23.7 Å². The summed E-state index contributed by atoms with van der Waals surface area (Å²) in [7, 11) is 0. The summed E-state index contributed by atoms with van der Waals surface area (Å²) in [6, 6.07) is 2.49. The fourth-order valence-electron chi connectivity index (χ4n) is 3.27. The number of hydrogen-bond donors (Lipinski definition) is 2. The van der Waals surface area contributed by atoms with Gasteiger partial charge in [0.05, 0.1) is 24.0 Å². The molecule has 1 aliphatic rings. The minimum absolute atomic E-state index is 0.0478. The smallest absolute Gasteiger partial charge is 0.433 e. The van der Waals surface area contributed by atoms with E-state index in [2.05, 4.69) is 20.3 Å². The number of rotatable bonds is 4. The Morgan fingerprint density at radius 2 is 1.94 bits per heavy atom. The van der Waals surface area contributed by atoms with Crippen LogP contribution in [-0.4, -0.2) is 61.3 Å². The maximum Gasteiger partial charge on any atom is 0.433 e. The molecule has 0 aromatic carbocycles. The van der Waals surface area contributed by atoms with E-state index in [9.17, 15) is 27.9 Å². The fourth-order valence-corrected chi connectivity index (χ4v) is 3.27. The van der Waals surface area contributed by atoms with Crippen LogP contribution in [0.4, 0.5) is 18.0 Å². The molecule has 2 amide bonds. The van der Waals surface area contributed by atoms with E-state index in [1.54, 1.807) is 20.8 Å². The Bertz CT molecular complexity index is 1010. The third-order valence-corrected chi connectivity index (χ3v) is 4.78. The Hall–Kier alpha value is -3.28. The fraction of sp³-hybridized carbons (Fsp3) is 0.476. The van der Waals surface area contributed by atoms with Crippen molar-refractivity contribution in [3.63, 3.8) is 0 Å². The molecule has 2 aromatic rings. The highest BCUT2D eigenvalue weighted by Gasteiger charge is 2.42. The van der Waals surface area contributed by atoms with Gasteiger partial charge in [0, 0.05) is 18.3 Å². The molecule has 1 fully saturated rings. The Labute approximate surface area is 188 Å². The second-order valence-corrected chi connectivity index (χ2v) is 8.52. The monoisotopic (exact) mass is 467 g/mol. The molecule has 2 atom stereocenters. The zero-order chi connectivity index (χ0) is 24.4. The normalized spacial score (nSPS) is 18.8. The molecule has 33 heavy (non-hydrogen) atoms. The number of aliphatic hydroxyl groups excluding tert-OH is 1. The molecule has 1 aliphatic heterocycles. The van der Waals surface area contributed by atoms with Crippen molar-refractivity contribution in [1.29, 1.82) is 0 Å². The average molecular weight is 467 g/mol. The van der Waals surface area contributed by atoms with Crippen LogP contribution in [-0.2, 0) is 22.3 Å². The molecule has 0 bridgehead atoms. The van der Waals surface area contributed by atoms with Gasteiger partial charge in [-0.2, -0.15) is 13.2 Å². The zero-order valence-corrected chi connectivity index (χ0v) is 18.3. The van der Waals surface area contributed by atoms with Gasteiger partial charge in [-0.05, 0) is 45.4 Å². The molecule has 3 heterocycles. The van der Waals surface area contributed by atoms with Gasteiger partial charge in [-0.1, -0.05) is 0 Å². The lowest BCUT2D eigenvalue weighted by molar-refractivity contribution is -0.141. The Morgan fingerprint density at radius 1 is 1.21 bits per heavy atom. The maximum atomic E-state index is 12.7. The topological polar surface area (TPSA) is 118 Å². The highest BCUT2D eigenvalue weighted by molar-refractivity contribution is 5.87. The lowest BCUT2D eigenvalue weighted by Crippen LogP contribution is -2.51. The van der Waals surface area contributed by atoms with E-state index in [0.29, 0.717) is 17.0 Å². The number of hydrogen-bond acceptors (Lipinski definition) is 7. The van der Waals surface area contributed by atoms with Crippen molar-refractivity contribution in [3.05, 3.63) is 42.1 Å². The molecule has 0 aliphatic carbocycles. The average Bonchev–Trinajstić information content (AvgIpc) is 3.12. The third-order valence-electron chi connectivity index (χ3n) is 4.78. The number of alkyl halides is 3. The van der Waals surface area contributed by atoms with E-state index in [-0.39, 0.29) is 19.5 Å². The van der Waals surface area contributed by atoms with Gasteiger partial charge in [-0.25, -0.2) is 14.8 Å². The van der Waals surface area contributed by atoms with Crippen LogP contribution in [0.2, 0.25) is 0 Å². The molecule has 0 spiro atoms. The van der Waals surface area contributed by atoms with Crippen LogP contribution in [0.15, 0.2) is 30.7 Å². The van der Waals surface area contributed by atoms with Gasteiger partial charge in [0.15, 0.2) is 0 Å². The first-order valence-electron chi connectivity index (χ1n) is 10.1. The second kappa shape index (κ2) is 9.30. The lowest BCUT2D eigenvalue weighted by atomic mass is 10.1. The van der Waals surface area contributed by atoms with Crippen LogP contribution in [0, 0.1) is 0 Å². The number of ether oxygens (including phenoxy) is 1. The van der Waals surface area contributed by atoms with Crippen molar-refractivity contribution >= 4 is 12.0 Å². The van der Waals surface area contributed by atoms with Gasteiger partial charge in [-0.3, -0.25) is 14.7 Å². The van der Waals surface area contributed by atoms with Crippen molar-refractivity contribution in [2.24, 2.45) is 0 Å². The summed E-state index contributed by atoms with van der Waals surface area (Å²) >= 11 is 0. The number of likely N-dealkylation sites (tertiary alicyclic amines) is 1. The summed E-state index contributed by atoms with van der Waals surface area (Å²) in [4.78, 5) is 37.8. The van der Waals surface area contributed by atoms with Crippen molar-refractivity contribution in [2.75, 3.05) is 6.54 Å². The van der Waals surface area contributed by atoms with Gasteiger partial charge in [-0.15, -0.1) is 0 Å². The first-order chi connectivity index (χ1) is 15.3. The molecular formula is C21H24F3N5O4. The predicted molar refractivity (Wildman–Crippen MR) is 109 cm³/mol. The highest BCUT2D eigenvalue weighted by Crippen LogP contribution is 2.28. The van der Waals surface area contributed by atoms with Crippen LogP contribution < -0.4 is 5.32 Å². The van der Waals surface area contributed by atoms with Crippen molar-refractivity contribution in [1.82, 2.24) is 25.2 Å². The number of carbonyl (C=O) groups is 2. The summed E-state index contributed by atoms with van der Waals surface area (Å²) < 4.78 is 43.4. The van der Waals surface area contributed by atoms with E-state index in [4.69, 9.17) is 4.74 Å². The minimum Gasteiger partial charge on any atom is -0.444 e. The zero-order valence-electron chi connectivity index (χ0n) is 18.3. The SMILES string of the molecule is CC(C)(C)OC(=O)N1CCC(O)C1C(=O)NCc1cc(-c2ccc(C(F)(F)F)nc2)ncn1.